The molecule has 2 rings (SSSR count). The fraction of sp³-hybridized carbons (Fsp3) is 0.385. The third-order valence-corrected chi connectivity index (χ3v) is 3.08. The highest BCUT2D eigenvalue weighted by atomic mass is 16.5. The lowest BCUT2D eigenvalue weighted by Gasteiger charge is -2.23. The van der Waals surface area contributed by atoms with Crippen molar-refractivity contribution in [2.24, 2.45) is 0 Å². The van der Waals surface area contributed by atoms with E-state index in [0.29, 0.717) is 24.1 Å². The Morgan fingerprint density at radius 1 is 1.56 bits per heavy atom. The van der Waals surface area contributed by atoms with Crippen LogP contribution < -0.4 is 4.90 Å². The summed E-state index contributed by atoms with van der Waals surface area (Å²) in [6.45, 7) is -0.0752. The molecule has 1 aliphatic heterocycles. The molecule has 1 fully saturated rings. The molecular weight excluding hydrogens is 234 g/mol. The normalized spacial score (nSPS) is 19.1. The summed E-state index contributed by atoms with van der Waals surface area (Å²) in [5.41, 5.74) is 1.02. The van der Waals surface area contributed by atoms with E-state index in [0.717, 1.165) is 0 Å². The number of carbonyl (C=O) groups excluding carboxylic acids is 2. The number of benzene rings is 1. The van der Waals surface area contributed by atoms with Gasteiger partial charge in [0.25, 0.3) is 0 Å². The summed E-state index contributed by atoms with van der Waals surface area (Å²) in [5, 5.41) is 9.25. The standard InChI is InChI=1S/C13H15NO4/c1-18-13(17)9-3-2-4-10(7-9)14-11(8-15)5-6-12(14)16/h2-4,7,11,15H,5-6,8H2,1H3/t11-/m0/s1. The third-order valence-electron chi connectivity index (χ3n) is 3.08. The lowest BCUT2D eigenvalue weighted by Crippen LogP contribution is -2.35. The van der Waals surface area contributed by atoms with E-state index in [2.05, 4.69) is 4.74 Å². The molecule has 0 saturated carbocycles. The zero-order chi connectivity index (χ0) is 13.1. The Labute approximate surface area is 105 Å². The first-order chi connectivity index (χ1) is 8.67. The summed E-state index contributed by atoms with van der Waals surface area (Å²) in [5.74, 6) is -0.472. The number of methoxy groups -OCH3 is 1. The molecule has 0 unspecified atom stereocenters. The van der Waals surface area contributed by atoms with Gasteiger partial charge in [0.15, 0.2) is 0 Å². The van der Waals surface area contributed by atoms with E-state index < -0.39 is 5.97 Å². The quantitative estimate of drug-likeness (QED) is 0.810. The van der Waals surface area contributed by atoms with Gasteiger partial charge in [-0.15, -0.1) is 0 Å². The van der Waals surface area contributed by atoms with Gasteiger partial charge in [-0.3, -0.25) is 4.79 Å². The highest BCUT2D eigenvalue weighted by molar-refractivity contribution is 5.98. The first kappa shape index (κ1) is 12.6. The van der Waals surface area contributed by atoms with Gasteiger partial charge < -0.3 is 14.7 Å². The van der Waals surface area contributed by atoms with Crippen LogP contribution in [-0.4, -0.2) is 36.7 Å². The predicted octanol–water partition coefficient (Wildman–Crippen LogP) is 0.961. The van der Waals surface area contributed by atoms with Crippen LogP contribution in [0.5, 0.6) is 0 Å². The van der Waals surface area contributed by atoms with Gasteiger partial charge in [-0.1, -0.05) is 6.07 Å². The smallest absolute Gasteiger partial charge is 0.337 e. The summed E-state index contributed by atoms with van der Waals surface area (Å²) in [6, 6.07) is 6.48. The molecule has 1 aromatic carbocycles. The van der Waals surface area contributed by atoms with Gasteiger partial charge in [0.1, 0.15) is 0 Å². The third kappa shape index (κ3) is 2.22. The lowest BCUT2D eigenvalue weighted by atomic mass is 10.1. The average Bonchev–Trinajstić information content (AvgIpc) is 2.79. The summed E-state index contributed by atoms with van der Waals surface area (Å²) >= 11 is 0. The summed E-state index contributed by atoms with van der Waals surface area (Å²) in [6.07, 6.45) is 1.06. The minimum absolute atomic E-state index is 0.0314. The molecule has 5 nitrogen and oxygen atoms in total. The molecule has 1 amide bonds. The Hall–Kier alpha value is -1.88. The summed E-state index contributed by atoms with van der Waals surface area (Å²) in [4.78, 5) is 24.8. The molecule has 0 radical (unpaired) electrons. The van der Waals surface area contributed by atoms with Crippen molar-refractivity contribution in [3.05, 3.63) is 29.8 Å². The maximum atomic E-state index is 11.8. The molecule has 0 aromatic heterocycles. The Morgan fingerprint density at radius 2 is 2.33 bits per heavy atom. The molecule has 18 heavy (non-hydrogen) atoms. The van der Waals surface area contributed by atoms with Crippen molar-refractivity contribution in [1.82, 2.24) is 0 Å². The summed E-state index contributed by atoms with van der Waals surface area (Å²) in [7, 11) is 1.31. The van der Waals surface area contributed by atoms with Crippen molar-refractivity contribution in [1.29, 1.82) is 0 Å². The van der Waals surface area contributed by atoms with E-state index in [4.69, 9.17) is 0 Å². The molecule has 1 N–H and O–H groups in total. The molecule has 5 heteroatoms. The van der Waals surface area contributed by atoms with Crippen LogP contribution in [0.3, 0.4) is 0 Å². The van der Waals surface area contributed by atoms with Crippen LogP contribution >= 0.6 is 0 Å². The molecule has 1 saturated heterocycles. The number of carbonyl (C=O) groups is 2. The number of hydrogen-bond acceptors (Lipinski definition) is 4. The maximum Gasteiger partial charge on any atom is 0.337 e. The van der Waals surface area contributed by atoms with Gasteiger partial charge in [0, 0.05) is 12.1 Å². The maximum absolute atomic E-state index is 11.8. The number of nitrogens with zero attached hydrogens (tertiary/aromatic N) is 1. The second-order valence-electron chi connectivity index (χ2n) is 4.18. The largest absolute Gasteiger partial charge is 0.465 e. The van der Waals surface area contributed by atoms with E-state index in [-0.39, 0.29) is 18.6 Å². The predicted molar refractivity (Wildman–Crippen MR) is 65.4 cm³/mol. The number of hydrogen-bond donors (Lipinski definition) is 1. The Kier molecular flexibility index (Phi) is 3.62. The van der Waals surface area contributed by atoms with Gasteiger partial charge in [-0.05, 0) is 24.6 Å². The van der Waals surface area contributed by atoms with Crippen LogP contribution in [0.25, 0.3) is 0 Å². The molecule has 96 valence electrons. The van der Waals surface area contributed by atoms with Crippen molar-refractivity contribution in [3.8, 4) is 0 Å². The Bertz CT molecular complexity index is 472. The van der Waals surface area contributed by atoms with Crippen LogP contribution in [0, 0.1) is 0 Å². The van der Waals surface area contributed by atoms with Crippen molar-refractivity contribution in [2.75, 3.05) is 18.6 Å². The van der Waals surface area contributed by atoms with Gasteiger partial charge in [0.05, 0.1) is 25.3 Å². The topological polar surface area (TPSA) is 66.8 Å². The number of aliphatic hydroxyl groups is 1. The molecular formula is C13H15NO4. The molecule has 1 aromatic rings. The Morgan fingerprint density at radius 3 is 3.00 bits per heavy atom. The van der Waals surface area contributed by atoms with Crippen molar-refractivity contribution < 1.29 is 19.4 Å². The first-order valence-corrected chi connectivity index (χ1v) is 5.78. The fourth-order valence-electron chi connectivity index (χ4n) is 2.17. The van der Waals surface area contributed by atoms with E-state index in [1.54, 1.807) is 29.2 Å². The fourth-order valence-corrected chi connectivity index (χ4v) is 2.17. The van der Waals surface area contributed by atoms with Crippen molar-refractivity contribution in [3.63, 3.8) is 0 Å². The van der Waals surface area contributed by atoms with Gasteiger partial charge in [-0.2, -0.15) is 0 Å². The molecule has 0 bridgehead atoms. The number of rotatable bonds is 3. The monoisotopic (exact) mass is 249 g/mol. The van der Waals surface area contributed by atoms with Crippen LogP contribution in [-0.2, 0) is 9.53 Å². The lowest BCUT2D eigenvalue weighted by molar-refractivity contribution is -0.117. The van der Waals surface area contributed by atoms with Gasteiger partial charge in [-0.25, -0.2) is 4.79 Å². The van der Waals surface area contributed by atoms with Crippen LogP contribution in [0.15, 0.2) is 24.3 Å². The zero-order valence-electron chi connectivity index (χ0n) is 10.1. The molecule has 1 atom stereocenters. The minimum Gasteiger partial charge on any atom is -0.465 e. The van der Waals surface area contributed by atoms with Crippen LogP contribution in [0.4, 0.5) is 5.69 Å². The van der Waals surface area contributed by atoms with Crippen LogP contribution in [0.2, 0.25) is 0 Å². The van der Waals surface area contributed by atoms with E-state index in [1.165, 1.54) is 7.11 Å². The molecule has 1 heterocycles. The first-order valence-electron chi connectivity index (χ1n) is 5.78. The van der Waals surface area contributed by atoms with Gasteiger partial charge in [0.2, 0.25) is 5.91 Å². The number of esters is 1. The summed E-state index contributed by atoms with van der Waals surface area (Å²) < 4.78 is 4.64. The second kappa shape index (κ2) is 5.18. The number of aliphatic hydroxyl groups excluding tert-OH is 1. The number of ether oxygens (including phenoxy) is 1. The molecule has 0 aliphatic carbocycles. The van der Waals surface area contributed by atoms with Crippen molar-refractivity contribution >= 4 is 17.6 Å². The highest BCUT2D eigenvalue weighted by Crippen LogP contribution is 2.27. The van der Waals surface area contributed by atoms with Gasteiger partial charge >= 0.3 is 5.97 Å². The number of amides is 1. The molecule has 1 aliphatic rings. The second-order valence-corrected chi connectivity index (χ2v) is 4.18. The Balaban J connectivity index is 2.32. The average molecular weight is 249 g/mol. The number of anilines is 1. The highest BCUT2D eigenvalue weighted by Gasteiger charge is 2.31. The minimum atomic E-state index is -0.441. The molecule has 0 spiro atoms. The van der Waals surface area contributed by atoms with E-state index in [1.807, 2.05) is 0 Å². The van der Waals surface area contributed by atoms with Crippen LogP contribution in [0.1, 0.15) is 23.2 Å². The zero-order valence-corrected chi connectivity index (χ0v) is 10.1. The van der Waals surface area contributed by atoms with E-state index >= 15 is 0 Å². The van der Waals surface area contributed by atoms with E-state index in [9.17, 15) is 14.7 Å². The van der Waals surface area contributed by atoms with Crippen molar-refractivity contribution in [2.45, 2.75) is 18.9 Å². The SMILES string of the molecule is COC(=O)c1cccc(N2C(=O)CC[C@H]2CO)c1.